The topological polar surface area (TPSA) is 23.4 Å². The van der Waals surface area contributed by atoms with Gasteiger partial charge < -0.3 is 14.0 Å². The van der Waals surface area contributed by atoms with E-state index in [4.69, 9.17) is 9.47 Å². The summed E-state index contributed by atoms with van der Waals surface area (Å²) in [4.78, 5) is 0. The summed E-state index contributed by atoms with van der Waals surface area (Å²) in [7, 11) is 3.74. The quantitative estimate of drug-likeness (QED) is 0.719. The standard InChI is InChI=1S/C18H19NO2/c1-13-4-5-14-11-15(19(2)18(14)10-13)12-21-17-8-6-16(20-3)7-9-17/h4-11H,12H2,1-3H3. The van der Waals surface area contributed by atoms with Gasteiger partial charge in [0.25, 0.3) is 0 Å². The molecule has 0 aliphatic carbocycles. The minimum absolute atomic E-state index is 0.552. The summed E-state index contributed by atoms with van der Waals surface area (Å²) < 4.78 is 13.2. The molecule has 1 heterocycles. The number of aromatic nitrogens is 1. The van der Waals surface area contributed by atoms with Gasteiger partial charge >= 0.3 is 0 Å². The first-order chi connectivity index (χ1) is 10.2. The molecule has 0 spiro atoms. The molecule has 21 heavy (non-hydrogen) atoms. The number of aryl methyl sites for hydroxylation is 2. The third-order valence-corrected chi connectivity index (χ3v) is 3.75. The van der Waals surface area contributed by atoms with E-state index in [0.29, 0.717) is 6.61 Å². The smallest absolute Gasteiger partial charge is 0.128 e. The van der Waals surface area contributed by atoms with Crippen LogP contribution in [0.25, 0.3) is 10.9 Å². The predicted octanol–water partition coefficient (Wildman–Crippen LogP) is 4.07. The molecular formula is C18H19NO2. The maximum atomic E-state index is 5.86. The second-order valence-corrected chi connectivity index (χ2v) is 5.22. The number of rotatable bonds is 4. The number of fused-ring (bicyclic) bond motifs is 1. The van der Waals surface area contributed by atoms with Crippen LogP contribution in [0.2, 0.25) is 0 Å². The van der Waals surface area contributed by atoms with Gasteiger partial charge in [-0.25, -0.2) is 0 Å². The van der Waals surface area contributed by atoms with E-state index in [-0.39, 0.29) is 0 Å². The lowest BCUT2D eigenvalue weighted by Crippen LogP contribution is -2.01. The Bertz CT molecular complexity index is 757. The van der Waals surface area contributed by atoms with Gasteiger partial charge in [-0.05, 0) is 54.3 Å². The van der Waals surface area contributed by atoms with Gasteiger partial charge in [0.15, 0.2) is 0 Å². The highest BCUT2D eigenvalue weighted by Crippen LogP contribution is 2.22. The van der Waals surface area contributed by atoms with Gasteiger partial charge in [0.05, 0.1) is 12.8 Å². The highest BCUT2D eigenvalue weighted by molar-refractivity contribution is 5.81. The molecule has 3 aromatic rings. The molecule has 0 radical (unpaired) electrons. The number of methoxy groups -OCH3 is 1. The van der Waals surface area contributed by atoms with Crippen LogP contribution in [0, 0.1) is 6.92 Å². The molecule has 0 bridgehead atoms. The van der Waals surface area contributed by atoms with Crippen molar-refractivity contribution in [3.05, 3.63) is 59.8 Å². The molecule has 2 aromatic carbocycles. The van der Waals surface area contributed by atoms with Crippen molar-refractivity contribution in [1.82, 2.24) is 4.57 Å². The molecule has 0 N–H and O–H groups in total. The van der Waals surface area contributed by atoms with E-state index in [1.165, 1.54) is 16.5 Å². The monoisotopic (exact) mass is 281 g/mol. The Balaban J connectivity index is 1.79. The third-order valence-electron chi connectivity index (χ3n) is 3.75. The van der Waals surface area contributed by atoms with E-state index in [2.05, 4.69) is 42.8 Å². The number of ether oxygens (including phenoxy) is 2. The van der Waals surface area contributed by atoms with Gasteiger partial charge in [0.1, 0.15) is 18.1 Å². The van der Waals surface area contributed by atoms with Gasteiger partial charge in [-0.2, -0.15) is 0 Å². The Morgan fingerprint density at radius 2 is 1.67 bits per heavy atom. The average molecular weight is 281 g/mol. The molecule has 0 saturated heterocycles. The van der Waals surface area contributed by atoms with Crippen LogP contribution in [-0.4, -0.2) is 11.7 Å². The van der Waals surface area contributed by atoms with Gasteiger partial charge in [-0.15, -0.1) is 0 Å². The molecule has 3 rings (SSSR count). The molecule has 0 aliphatic heterocycles. The van der Waals surface area contributed by atoms with Crippen molar-refractivity contribution in [3.63, 3.8) is 0 Å². The Morgan fingerprint density at radius 1 is 0.952 bits per heavy atom. The molecule has 0 atom stereocenters. The summed E-state index contributed by atoms with van der Waals surface area (Å²) in [5, 5.41) is 1.25. The zero-order valence-corrected chi connectivity index (χ0v) is 12.6. The SMILES string of the molecule is COc1ccc(OCc2cc3ccc(C)cc3n2C)cc1. The van der Waals surface area contributed by atoms with Crippen molar-refractivity contribution >= 4 is 10.9 Å². The summed E-state index contributed by atoms with van der Waals surface area (Å²) in [5.41, 5.74) is 3.67. The molecule has 3 nitrogen and oxygen atoms in total. The van der Waals surface area contributed by atoms with Crippen LogP contribution in [0.4, 0.5) is 0 Å². The van der Waals surface area contributed by atoms with E-state index in [9.17, 15) is 0 Å². The van der Waals surface area contributed by atoms with Gasteiger partial charge in [-0.1, -0.05) is 12.1 Å². The summed E-state index contributed by atoms with van der Waals surface area (Å²) >= 11 is 0. The molecule has 108 valence electrons. The van der Waals surface area contributed by atoms with Crippen LogP contribution in [0.15, 0.2) is 48.5 Å². The average Bonchev–Trinajstić information content (AvgIpc) is 2.82. The summed E-state index contributed by atoms with van der Waals surface area (Å²) in [6, 6.07) is 16.3. The van der Waals surface area contributed by atoms with Crippen molar-refractivity contribution in [2.45, 2.75) is 13.5 Å². The van der Waals surface area contributed by atoms with E-state index in [0.717, 1.165) is 17.2 Å². The maximum absolute atomic E-state index is 5.86. The Morgan fingerprint density at radius 3 is 2.38 bits per heavy atom. The van der Waals surface area contributed by atoms with Crippen molar-refractivity contribution in [2.24, 2.45) is 7.05 Å². The van der Waals surface area contributed by atoms with Crippen LogP contribution in [0.1, 0.15) is 11.3 Å². The van der Waals surface area contributed by atoms with Gasteiger partial charge in [0.2, 0.25) is 0 Å². The molecule has 0 aliphatic rings. The highest BCUT2D eigenvalue weighted by atomic mass is 16.5. The van der Waals surface area contributed by atoms with Crippen LogP contribution < -0.4 is 9.47 Å². The number of hydrogen-bond donors (Lipinski definition) is 0. The first-order valence-corrected chi connectivity index (χ1v) is 6.99. The number of benzene rings is 2. The van der Waals surface area contributed by atoms with Crippen LogP contribution in [-0.2, 0) is 13.7 Å². The van der Waals surface area contributed by atoms with E-state index < -0.39 is 0 Å². The summed E-state index contributed by atoms with van der Waals surface area (Å²) in [5.74, 6) is 1.68. The van der Waals surface area contributed by atoms with Crippen molar-refractivity contribution in [2.75, 3.05) is 7.11 Å². The fourth-order valence-corrected chi connectivity index (χ4v) is 2.46. The third kappa shape index (κ3) is 2.72. The lowest BCUT2D eigenvalue weighted by molar-refractivity contribution is 0.297. The molecule has 1 aromatic heterocycles. The lowest BCUT2D eigenvalue weighted by atomic mass is 10.2. The molecule has 0 fully saturated rings. The first kappa shape index (κ1) is 13.6. The first-order valence-electron chi connectivity index (χ1n) is 6.99. The minimum atomic E-state index is 0.552. The predicted molar refractivity (Wildman–Crippen MR) is 85.0 cm³/mol. The number of hydrogen-bond acceptors (Lipinski definition) is 2. The normalized spacial score (nSPS) is 10.8. The Kier molecular flexibility index (Phi) is 3.57. The molecule has 0 unspecified atom stereocenters. The molecule has 0 saturated carbocycles. The zero-order chi connectivity index (χ0) is 14.8. The number of nitrogens with zero attached hydrogens (tertiary/aromatic N) is 1. The second kappa shape index (κ2) is 5.52. The van der Waals surface area contributed by atoms with E-state index >= 15 is 0 Å². The Hall–Kier alpha value is -2.42. The van der Waals surface area contributed by atoms with Crippen molar-refractivity contribution < 1.29 is 9.47 Å². The van der Waals surface area contributed by atoms with E-state index in [1.807, 2.05) is 24.3 Å². The van der Waals surface area contributed by atoms with Crippen molar-refractivity contribution in [1.29, 1.82) is 0 Å². The second-order valence-electron chi connectivity index (χ2n) is 5.22. The van der Waals surface area contributed by atoms with Crippen LogP contribution >= 0.6 is 0 Å². The zero-order valence-electron chi connectivity index (χ0n) is 12.6. The van der Waals surface area contributed by atoms with Gasteiger partial charge in [0, 0.05) is 12.6 Å². The lowest BCUT2D eigenvalue weighted by Gasteiger charge is -2.08. The Labute approximate surface area is 124 Å². The molecule has 0 amide bonds. The maximum Gasteiger partial charge on any atom is 0.128 e. The van der Waals surface area contributed by atoms with Crippen LogP contribution in [0.3, 0.4) is 0 Å². The van der Waals surface area contributed by atoms with Crippen molar-refractivity contribution in [3.8, 4) is 11.5 Å². The fourth-order valence-electron chi connectivity index (χ4n) is 2.46. The van der Waals surface area contributed by atoms with E-state index in [1.54, 1.807) is 7.11 Å². The largest absolute Gasteiger partial charge is 0.497 e. The molecule has 3 heteroatoms. The minimum Gasteiger partial charge on any atom is -0.497 e. The fraction of sp³-hybridized carbons (Fsp3) is 0.222. The summed E-state index contributed by atoms with van der Waals surface area (Å²) in [6.45, 7) is 2.66. The van der Waals surface area contributed by atoms with Gasteiger partial charge in [-0.3, -0.25) is 0 Å². The van der Waals surface area contributed by atoms with Crippen LogP contribution in [0.5, 0.6) is 11.5 Å². The molecular weight excluding hydrogens is 262 g/mol. The summed E-state index contributed by atoms with van der Waals surface area (Å²) in [6.07, 6.45) is 0. The highest BCUT2D eigenvalue weighted by Gasteiger charge is 2.06.